The third-order valence-electron chi connectivity index (χ3n) is 3.25. The molecule has 1 aromatic rings. The lowest BCUT2D eigenvalue weighted by atomic mass is 10.4. The molecule has 2 N–H and O–H groups in total. The number of likely N-dealkylation sites (N-methyl/N-ethyl adjacent to an activating group) is 1. The van der Waals surface area contributed by atoms with Crippen LogP contribution in [0.5, 0.6) is 0 Å². The maximum Gasteiger partial charge on any atom is 0.0962 e. The van der Waals surface area contributed by atoms with Crippen LogP contribution in [0.25, 0.3) is 0 Å². The minimum absolute atomic E-state index is 0.467. The third-order valence-corrected chi connectivity index (χ3v) is 3.25. The average molecular weight is 238 g/mol. The Bertz CT molecular complexity index is 336. The predicted molar refractivity (Wildman–Crippen MR) is 66.5 cm³/mol. The van der Waals surface area contributed by atoms with E-state index in [2.05, 4.69) is 27.2 Å². The smallest absolute Gasteiger partial charge is 0.0962 e. The second-order valence-corrected chi connectivity index (χ2v) is 4.68. The van der Waals surface area contributed by atoms with Crippen molar-refractivity contribution in [1.29, 1.82) is 0 Å². The van der Waals surface area contributed by atoms with Crippen LogP contribution in [0.15, 0.2) is 6.20 Å². The second-order valence-electron chi connectivity index (χ2n) is 4.68. The summed E-state index contributed by atoms with van der Waals surface area (Å²) in [4.78, 5) is 4.88. The normalized spacial score (nSPS) is 19.4. The van der Waals surface area contributed by atoms with Gasteiger partial charge in [-0.2, -0.15) is 0 Å². The summed E-state index contributed by atoms with van der Waals surface area (Å²) in [5, 5.41) is 8.05. The minimum atomic E-state index is 0.467. The van der Waals surface area contributed by atoms with E-state index in [-0.39, 0.29) is 0 Å². The van der Waals surface area contributed by atoms with Gasteiger partial charge in [-0.1, -0.05) is 5.21 Å². The summed E-state index contributed by atoms with van der Waals surface area (Å²) in [5.41, 5.74) is 6.37. The van der Waals surface area contributed by atoms with E-state index >= 15 is 0 Å². The van der Waals surface area contributed by atoms with Crippen LogP contribution in [0.4, 0.5) is 0 Å². The first kappa shape index (κ1) is 12.5. The monoisotopic (exact) mass is 238 g/mol. The van der Waals surface area contributed by atoms with Gasteiger partial charge in [0, 0.05) is 32.4 Å². The average Bonchev–Trinajstić information content (AvgIpc) is 2.70. The summed E-state index contributed by atoms with van der Waals surface area (Å²) in [7, 11) is 2.19. The van der Waals surface area contributed by atoms with Crippen LogP contribution in [0.2, 0.25) is 0 Å². The quantitative estimate of drug-likeness (QED) is 0.757. The molecule has 1 aromatic heterocycles. The fourth-order valence-electron chi connectivity index (χ4n) is 2.11. The molecule has 1 aliphatic heterocycles. The summed E-state index contributed by atoms with van der Waals surface area (Å²) in [6, 6.07) is 0. The Kier molecular flexibility index (Phi) is 4.47. The zero-order chi connectivity index (χ0) is 12.1. The van der Waals surface area contributed by atoms with E-state index in [0.29, 0.717) is 6.54 Å². The molecule has 1 saturated heterocycles. The van der Waals surface area contributed by atoms with Gasteiger partial charge in [-0.25, -0.2) is 0 Å². The molecule has 0 spiro atoms. The van der Waals surface area contributed by atoms with Crippen molar-refractivity contribution < 1.29 is 0 Å². The Morgan fingerprint density at radius 3 is 2.88 bits per heavy atom. The molecule has 0 unspecified atom stereocenters. The van der Waals surface area contributed by atoms with Gasteiger partial charge in [0.1, 0.15) is 0 Å². The number of hydrogen-bond acceptors (Lipinski definition) is 5. The fraction of sp³-hybridized carbons (Fsp3) is 0.818. The highest BCUT2D eigenvalue weighted by atomic mass is 15.4. The summed E-state index contributed by atoms with van der Waals surface area (Å²) >= 11 is 0. The molecule has 0 aromatic carbocycles. The van der Waals surface area contributed by atoms with Crippen LogP contribution in [0, 0.1) is 0 Å². The number of hydrogen-bond donors (Lipinski definition) is 1. The van der Waals surface area contributed by atoms with Gasteiger partial charge in [0.15, 0.2) is 0 Å². The van der Waals surface area contributed by atoms with Crippen molar-refractivity contribution in [3.63, 3.8) is 0 Å². The van der Waals surface area contributed by atoms with Gasteiger partial charge in [0.2, 0.25) is 0 Å². The zero-order valence-corrected chi connectivity index (χ0v) is 10.5. The van der Waals surface area contributed by atoms with Gasteiger partial charge in [0.25, 0.3) is 0 Å². The van der Waals surface area contributed by atoms with Gasteiger partial charge in [-0.15, -0.1) is 5.10 Å². The lowest BCUT2D eigenvalue weighted by Crippen LogP contribution is -2.31. The SMILES string of the molecule is CN1CCCN(CCn2cc(CN)nn2)CC1. The van der Waals surface area contributed by atoms with E-state index in [1.54, 1.807) is 0 Å². The van der Waals surface area contributed by atoms with Crippen molar-refractivity contribution >= 4 is 0 Å². The molecule has 17 heavy (non-hydrogen) atoms. The van der Waals surface area contributed by atoms with Crippen molar-refractivity contribution in [1.82, 2.24) is 24.8 Å². The highest BCUT2D eigenvalue weighted by Crippen LogP contribution is 2.01. The Hall–Kier alpha value is -0.980. The number of rotatable bonds is 4. The molecule has 0 aliphatic carbocycles. The number of nitrogens with zero attached hydrogens (tertiary/aromatic N) is 5. The van der Waals surface area contributed by atoms with Crippen LogP contribution >= 0.6 is 0 Å². The number of nitrogens with two attached hydrogens (primary N) is 1. The molecular weight excluding hydrogens is 216 g/mol. The summed E-state index contributed by atoms with van der Waals surface area (Å²) < 4.78 is 1.89. The van der Waals surface area contributed by atoms with E-state index in [4.69, 9.17) is 5.73 Å². The van der Waals surface area contributed by atoms with Crippen molar-refractivity contribution in [2.24, 2.45) is 5.73 Å². The van der Waals surface area contributed by atoms with Crippen LogP contribution in [-0.2, 0) is 13.1 Å². The van der Waals surface area contributed by atoms with E-state index in [1.165, 1.54) is 19.5 Å². The van der Waals surface area contributed by atoms with Crippen molar-refractivity contribution in [3.05, 3.63) is 11.9 Å². The maximum atomic E-state index is 5.51. The lowest BCUT2D eigenvalue weighted by molar-refractivity contribution is 0.262. The van der Waals surface area contributed by atoms with Crippen LogP contribution in [0.1, 0.15) is 12.1 Å². The molecule has 1 fully saturated rings. The standard InChI is InChI=1S/C11H22N6/c1-15-3-2-4-16(6-5-15)7-8-17-10-11(9-12)13-14-17/h10H,2-9,12H2,1H3. The first-order valence-electron chi connectivity index (χ1n) is 6.28. The second kappa shape index (κ2) is 6.09. The summed E-state index contributed by atoms with van der Waals surface area (Å²) in [6.45, 7) is 7.10. The fourth-order valence-corrected chi connectivity index (χ4v) is 2.11. The molecule has 6 nitrogen and oxygen atoms in total. The maximum absolute atomic E-state index is 5.51. The van der Waals surface area contributed by atoms with Gasteiger partial charge < -0.3 is 15.5 Å². The lowest BCUT2D eigenvalue weighted by Gasteiger charge is -2.19. The van der Waals surface area contributed by atoms with Crippen LogP contribution in [-0.4, -0.2) is 64.6 Å². The first-order chi connectivity index (χ1) is 8.28. The van der Waals surface area contributed by atoms with Crippen LogP contribution < -0.4 is 5.73 Å². The molecule has 0 atom stereocenters. The molecule has 6 heteroatoms. The first-order valence-corrected chi connectivity index (χ1v) is 6.28. The molecule has 0 bridgehead atoms. The molecular formula is C11H22N6. The third kappa shape index (κ3) is 3.76. The van der Waals surface area contributed by atoms with Gasteiger partial charge >= 0.3 is 0 Å². The Morgan fingerprint density at radius 2 is 2.12 bits per heavy atom. The molecule has 1 aliphatic rings. The summed E-state index contributed by atoms with van der Waals surface area (Å²) in [6.07, 6.45) is 3.19. The summed E-state index contributed by atoms with van der Waals surface area (Å²) in [5.74, 6) is 0. The van der Waals surface area contributed by atoms with Gasteiger partial charge in [0.05, 0.1) is 12.2 Å². The molecule has 96 valence electrons. The Balaban J connectivity index is 1.77. The van der Waals surface area contributed by atoms with E-state index in [0.717, 1.165) is 31.9 Å². The van der Waals surface area contributed by atoms with Crippen molar-refractivity contribution in [2.45, 2.75) is 19.5 Å². The highest BCUT2D eigenvalue weighted by Gasteiger charge is 2.11. The van der Waals surface area contributed by atoms with Gasteiger partial charge in [-0.05, 0) is 26.6 Å². The van der Waals surface area contributed by atoms with E-state index in [9.17, 15) is 0 Å². The Morgan fingerprint density at radius 1 is 1.24 bits per heavy atom. The zero-order valence-electron chi connectivity index (χ0n) is 10.5. The predicted octanol–water partition coefficient (Wildman–Crippen LogP) is -0.626. The van der Waals surface area contributed by atoms with Gasteiger partial charge in [-0.3, -0.25) is 4.68 Å². The topological polar surface area (TPSA) is 63.2 Å². The molecule has 0 amide bonds. The highest BCUT2D eigenvalue weighted by molar-refractivity contribution is 4.90. The van der Waals surface area contributed by atoms with E-state index in [1.807, 2.05) is 10.9 Å². The van der Waals surface area contributed by atoms with Crippen molar-refractivity contribution in [3.8, 4) is 0 Å². The number of aromatic nitrogens is 3. The van der Waals surface area contributed by atoms with Crippen molar-refractivity contribution in [2.75, 3.05) is 39.8 Å². The minimum Gasteiger partial charge on any atom is -0.325 e. The molecule has 0 saturated carbocycles. The largest absolute Gasteiger partial charge is 0.325 e. The van der Waals surface area contributed by atoms with Crippen LogP contribution in [0.3, 0.4) is 0 Å². The molecule has 0 radical (unpaired) electrons. The molecule has 2 rings (SSSR count). The molecule has 2 heterocycles. The Labute approximate surface area is 102 Å². The van der Waals surface area contributed by atoms with E-state index < -0.39 is 0 Å².